The van der Waals surface area contributed by atoms with Crippen molar-refractivity contribution in [3.8, 4) is 6.07 Å². The predicted molar refractivity (Wildman–Crippen MR) is 138 cm³/mol. The van der Waals surface area contributed by atoms with Crippen LogP contribution in [0.5, 0.6) is 0 Å². The van der Waals surface area contributed by atoms with Crippen LogP contribution in [0.25, 0.3) is 17.1 Å². The third kappa shape index (κ3) is 4.31. The number of carbonyl (C=O) groups is 1. The van der Waals surface area contributed by atoms with E-state index in [1.807, 2.05) is 19.9 Å². The Morgan fingerprint density at radius 2 is 2.09 bits per heavy atom. The van der Waals surface area contributed by atoms with E-state index >= 15 is 0 Å². The molecule has 0 saturated carbocycles. The lowest BCUT2D eigenvalue weighted by atomic mass is 9.87. The Balaban J connectivity index is 1.66. The lowest BCUT2D eigenvalue weighted by Crippen LogP contribution is -2.19. The normalized spacial score (nSPS) is 15.2. The lowest BCUT2D eigenvalue weighted by molar-refractivity contribution is -0.111. The van der Waals surface area contributed by atoms with Gasteiger partial charge in [0.25, 0.3) is 0 Å². The molecular weight excluding hydrogens is 458 g/mol. The molecule has 5 rings (SSSR count). The first-order valence-electron chi connectivity index (χ1n) is 11.6. The molecule has 35 heavy (non-hydrogen) atoms. The van der Waals surface area contributed by atoms with Crippen molar-refractivity contribution in [3.05, 3.63) is 93.5 Å². The van der Waals surface area contributed by atoms with Gasteiger partial charge in [0.15, 0.2) is 0 Å². The number of nitrogens with one attached hydrogen (secondary N) is 1. The first kappa shape index (κ1) is 22.8. The van der Waals surface area contributed by atoms with E-state index in [9.17, 15) is 10.1 Å². The van der Waals surface area contributed by atoms with Gasteiger partial charge in [-0.2, -0.15) is 5.26 Å². The molecule has 0 fully saturated rings. The highest BCUT2D eigenvalue weighted by Crippen LogP contribution is 2.39. The smallest absolute Gasteiger partial charge is 0.248 e. The van der Waals surface area contributed by atoms with E-state index in [-0.39, 0.29) is 11.9 Å². The number of aryl methyl sites for hydroxylation is 3. The van der Waals surface area contributed by atoms with Crippen molar-refractivity contribution in [2.75, 3.05) is 5.32 Å². The fourth-order valence-electron chi connectivity index (χ4n) is 5.07. The lowest BCUT2D eigenvalue weighted by Gasteiger charge is -2.28. The van der Waals surface area contributed by atoms with Gasteiger partial charge in [-0.25, -0.2) is 9.97 Å². The van der Waals surface area contributed by atoms with E-state index in [1.165, 1.54) is 23.4 Å². The van der Waals surface area contributed by atoms with Gasteiger partial charge in [-0.3, -0.25) is 4.79 Å². The van der Waals surface area contributed by atoms with Crippen LogP contribution in [0.1, 0.15) is 52.5 Å². The molecule has 7 heteroatoms. The van der Waals surface area contributed by atoms with Crippen LogP contribution in [0.3, 0.4) is 0 Å². The minimum atomic E-state index is -0.321. The second kappa shape index (κ2) is 9.36. The van der Waals surface area contributed by atoms with Gasteiger partial charge in [0.1, 0.15) is 16.9 Å². The SMILES string of the molecule is Cc1cc(C)c2c(C#N)c(C=CC(=O)Nc3ccnc(Cl)c3)n([C@H]3CCCc4ccccc43)c2n1. The number of nitrogens with zero attached hydrogens (tertiary/aromatic N) is 4. The molecule has 1 aromatic carbocycles. The quantitative estimate of drug-likeness (QED) is 0.280. The second-order valence-electron chi connectivity index (χ2n) is 8.82. The molecule has 3 heterocycles. The number of nitriles is 1. The third-order valence-corrected chi connectivity index (χ3v) is 6.67. The summed E-state index contributed by atoms with van der Waals surface area (Å²) in [6.07, 6.45) is 7.72. The molecule has 1 atom stereocenters. The van der Waals surface area contributed by atoms with Gasteiger partial charge in [-0.1, -0.05) is 35.9 Å². The molecule has 6 nitrogen and oxygen atoms in total. The topological polar surface area (TPSA) is 83.6 Å². The molecule has 3 aromatic heterocycles. The summed E-state index contributed by atoms with van der Waals surface area (Å²) in [6.45, 7) is 3.97. The van der Waals surface area contributed by atoms with E-state index in [2.05, 4.69) is 45.2 Å². The van der Waals surface area contributed by atoms with Crippen molar-refractivity contribution < 1.29 is 4.79 Å². The number of pyridine rings is 2. The van der Waals surface area contributed by atoms with Crippen LogP contribution in [-0.4, -0.2) is 20.4 Å². The Labute approximate surface area is 208 Å². The number of benzene rings is 1. The van der Waals surface area contributed by atoms with Crippen LogP contribution >= 0.6 is 11.6 Å². The molecule has 1 aliphatic rings. The minimum absolute atomic E-state index is 0.0277. The average molecular weight is 482 g/mol. The monoisotopic (exact) mass is 481 g/mol. The average Bonchev–Trinajstić information content (AvgIpc) is 3.15. The largest absolute Gasteiger partial charge is 0.322 e. The summed E-state index contributed by atoms with van der Waals surface area (Å²) in [4.78, 5) is 21.6. The first-order chi connectivity index (χ1) is 17.0. The zero-order valence-corrected chi connectivity index (χ0v) is 20.3. The number of fused-ring (bicyclic) bond motifs is 2. The summed E-state index contributed by atoms with van der Waals surface area (Å²) in [6, 6.07) is 16.1. The summed E-state index contributed by atoms with van der Waals surface area (Å²) >= 11 is 5.93. The third-order valence-electron chi connectivity index (χ3n) is 6.47. The number of amides is 1. The molecule has 1 N–H and O–H groups in total. The van der Waals surface area contributed by atoms with Gasteiger partial charge >= 0.3 is 0 Å². The number of hydrogen-bond acceptors (Lipinski definition) is 4. The number of halogens is 1. The van der Waals surface area contributed by atoms with Crippen LogP contribution in [0.2, 0.25) is 5.15 Å². The number of hydrogen-bond donors (Lipinski definition) is 1. The Hall–Kier alpha value is -3.95. The number of anilines is 1. The van der Waals surface area contributed by atoms with E-state index in [0.717, 1.165) is 41.6 Å². The zero-order valence-electron chi connectivity index (χ0n) is 19.5. The van der Waals surface area contributed by atoms with Gasteiger partial charge in [-0.05, 0) is 74.1 Å². The maximum absolute atomic E-state index is 12.7. The van der Waals surface area contributed by atoms with Gasteiger partial charge in [0.2, 0.25) is 5.91 Å². The predicted octanol–water partition coefficient (Wildman–Crippen LogP) is 6.15. The Bertz CT molecular complexity index is 1530. The molecule has 0 aliphatic heterocycles. The van der Waals surface area contributed by atoms with Crippen LogP contribution in [0.4, 0.5) is 5.69 Å². The maximum atomic E-state index is 12.7. The van der Waals surface area contributed by atoms with Crippen molar-refractivity contribution in [2.45, 2.75) is 39.2 Å². The molecule has 0 unspecified atom stereocenters. The van der Waals surface area contributed by atoms with Crippen LogP contribution < -0.4 is 5.32 Å². The highest BCUT2D eigenvalue weighted by Gasteiger charge is 2.28. The van der Waals surface area contributed by atoms with Crippen molar-refractivity contribution in [1.29, 1.82) is 5.26 Å². The van der Waals surface area contributed by atoms with Crippen molar-refractivity contribution in [1.82, 2.24) is 14.5 Å². The van der Waals surface area contributed by atoms with Crippen LogP contribution in [0.15, 0.2) is 54.7 Å². The highest BCUT2D eigenvalue weighted by atomic mass is 35.5. The maximum Gasteiger partial charge on any atom is 0.248 e. The molecule has 1 amide bonds. The van der Waals surface area contributed by atoms with E-state index in [1.54, 1.807) is 18.2 Å². The Kier molecular flexibility index (Phi) is 6.10. The molecule has 174 valence electrons. The highest BCUT2D eigenvalue weighted by molar-refractivity contribution is 6.29. The molecule has 0 spiro atoms. The first-order valence-corrected chi connectivity index (χ1v) is 11.9. The standard InChI is InChI=1S/C28H24ClN5O/c1-17-14-18(2)32-28-27(17)22(16-30)24(10-11-26(35)33-20-12-13-31-25(29)15-20)34(28)23-9-5-7-19-6-3-4-8-21(19)23/h3-4,6,8,10-15,23H,5,7,9H2,1-2H3,(H,31,33,35)/t23-/m0/s1. The molecule has 0 bridgehead atoms. The van der Waals surface area contributed by atoms with E-state index in [4.69, 9.17) is 16.6 Å². The summed E-state index contributed by atoms with van der Waals surface area (Å²) in [5, 5.41) is 14.1. The van der Waals surface area contributed by atoms with E-state index in [0.29, 0.717) is 22.1 Å². The summed E-state index contributed by atoms with van der Waals surface area (Å²) in [7, 11) is 0. The Morgan fingerprint density at radius 1 is 1.26 bits per heavy atom. The summed E-state index contributed by atoms with van der Waals surface area (Å²) in [5.74, 6) is -0.321. The molecule has 4 aromatic rings. The number of aromatic nitrogens is 3. The second-order valence-corrected chi connectivity index (χ2v) is 9.21. The molecule has 0 radical (unpaired) electrons. The zero-order chi connectivity index (χ0) is 24.5. The fraction of sp³-hybridized carbons (Fsp3) is 0.214. The van der Waals surface area contributed by atoms with Crippen LogP contribution in [0, 0.1) is 25.2 Å². The van der Waals surface area contributed by atoms with Gasteiger partial charge in [0.05, 0.1) is 17.3 Å². The van der Waals surface area contributed by atoms with Gasteiger partial charge < -0.3 is 9.88 Å². The summed E-state index contributed by atoms with van der Waals surface area (Å²) in [5.41, 5.74) is 7.00. The molecular formula is C28H24ClN5O. The Morgan fingerprint density at radius 3 is 2.89 bits per heavy atom. The van der Waals surface area contributed by atoms with Crippen LogP contribution in [-0.2, 0) is 11.2 Å². The van der Waals surface area contributed by atoms with Gasteiger partial charge in [0, 0.05) is 29.0 Å². The van der Waals surface area contributed by atoms with E-state index < -0.39 is 0 Å². The fourth-order valence-corrected chi connectivity index (χ4v) is 5.24. The van der Waals surface area contributed by atoms with Crippen molar-refractivity contribution >= 4 is 40.3 Å². The molecule has 0 saturated heterocycles. The minimum Gasteiger partial charge on any atom is -0.322 e. The van der Waals surface area contributed by atoms with Crippen molar-refractivity contribution in [2.24, 2.45) is 0 Å². The van der Waals surface area contributed by atoms with Crippen molar-refractivity contribution in [3.63, 3.8) is 0 Å². The van der Waals surface area contributed by atoms with Gasteiger partial charge in [-0.15, -0.1) is 0 Å². The molecule has 1 aliphatic carbocycles. The summed E-state index contributed by atoms with van der Waals surface area (Å²) < 4.78 is 2.15. The number of rotatable bonds is 4. The number of carbonyl (C=O) groups excluding carboxylic acids is 1.